The lowest BCUT2D eigenvalue weighted by atomic mass is 10.1. The molecule has 1 aliphatic rings. The van der Waals surface area contributed by atoms with Crippen molar-refractivity contribution >= 4 is 0 Å². The van der Waals surface area contributed by atoms with Crippen LogP contribution in [0.25, 0.3) is 0 Å². The van der Waals surface area contributed by atoms with E-state index in [0.29, 0.717) is 6.04 Å². The zero-order valence-electron chi connectivity index (χ0n) is 11.5. The van der Waals surface area contributed by atoms with Crippen LogP contribution in [0, 0.1) is 0 Å². The van der Waals surface area contributed by atoms with E-state index < -0.39 is 0 Å². The van der Waals surface area contributed by atoms with Gasteiger partial charge in [-0.3, -0.25) is 4.90 Å². The molecule has 0 unspecified atom stereocenters. The van der Waals surface area contributed by atoms with Crippen molar-refractivity contribution in [2.45, 2.75) is 32.0 Å². The lowest BCUT2D eigenvalue weighted by Gasteiger charge is -2.29. The Morgan fingerprint density at radius 3 is 2.60 bits per heavy atom. The minimum Gasteiger partial charge on any atom is -0.328 e. The summed E-state index contributed by atoms with van der Waals surface area (Å²) in [6.07, 6.45) is 2.11. The molecular formula is C14H20N6. The standard InChI is InChI=1S/C14H20N6/c15-13-6-8-19(9-7-13)11-14-16-17-18-20(14)10-12-4-2-1-3-5-12/h1-5,13H,6-11,15H2. The summed E-state index contributed by atoms with van der Waals surface area (Å²) in [5.41, 5.74) is 7.14. The number of likely N-dealkylation sites (tertiary alicyclic amines) is 1. The molecule has 0 amide bonds. The first kappa shape index (κ1) is 13.2. The maximum atomic E-state index is 5.93. The van der Waals surface area contributed by atoms with E-state index in [2.05, 4.69) is 32.6 Å². The fourth-order valence-electron chi connectivity index (χ4n) is 2.53. The summed E-state index contributed by atoms with van der Waals surface area (Å²) in [4.78, 5) is 2.37. The van der Waals surface area contributed by atoms with Gasteiger partial charge in [-0.1, -0.05) is 30.3 Å². The molecule has 0 radical (unpaired) electrons. The highest BCUT2D eigenvalue weighted by molar-refractivity contribution is 5.14. The van der Waals surface area contributed by atoms with Crippen LogP contribution < -0.4 is 5.73 Å². The topological polar surface area (TPSA) is 72.9 Å². The number of hydrogen-bond acceptors (Lipinski definition) is 5. The lowest BCUT2D eigenvalue weighted by Crippen LogP contribution is -2.39. The molecule has 2 heterocycles. The number of nitrogens with two attached hydrogens (primary N) is 1. The van der Waals surface area contributed by atoms with Crippen molar-refractivity contribution in [3.8, 4) is 0 Å². The molecule has 3 rings (SSSR count). The van der Waals surface area contributed by atoms with Gasteiger partial charge in [0.05, 0.1) is 13.1 Å². The first-order valence-electron chi connectivity index (χ1n) is 7.08. The van der Waals surface area contributed by atoms with Gasteiger partial charge in [0.25, 0.3) is 0 Å². The Bertz CT molecular complexity index is 530. The molecule has 0 atom stereocenters. The Kier molecular flexibility index (Phi) is 4.03. The van der Waals surface area contributed by atoms with Gasteiger partial charge >= 0.3 is 0 Å². The molecule has 20 heavy (non-hydrogen) atoms. The zero-order valence-corrected chi connectivity index (χ0v) is 11.5. The average Bonchev–Trinajstić information content (AvgIpc) is 2.90. The lowest BCUT2D eigenvalue weighted by molar-refractivity contribution is 0.198. The van der Waals surface area contributed by atoms with Crippen molar-refractivity contribution in [2.75, 3.05) is 13.1 Å². The molecule has 1 saturated heterocycles. The smallest absolute Gasteiger partial charge is 0.165 e. The Hall–Kier alpha value is -1.79. The SMILES string of the molecule is NC1CCN(Cc2nnnn2Cc2ccccc2)CC1. The predicted molar refractivity (Wildman–Crippen MR) is 75.8 cm³/mol. The molecule has 1 fully saturated rings. The van der Waals surface area contributed by atoms with Gasteiger partial charge in [0.15, 0.2) is 5.82 Å². The highest BCUT2D eigenvalue weighted by Crippen LogP contribution is 2.11. The highest BCUT2D eigenvalue weighted by atomic mass is 15.5. The molecule has 6 nitrogen and oxygen atoms in total. The van der Waals surface area contributed by atoms with E-state index >= 15 is 0 Å². The Morgan fingerprint density at radius 1 is 1.10 bits per heavy atom. The van der Waals surface area contributed by atoms with Crippen LogP contribution in [0.4, 0.5) is 0 Å². The van der Waals surface area contributed by atoms with E-state index in [9.17, 15) is 0 Å². The van der Waals surface area contributed by atoms with Crippen LogP contribution in [-0.4, -0.2) is 44.2 Å². The molecule has 6 heteroatoms. The number of rotatable bonds is 4. The van der Waals surface area contributed by atoms with E-state index in [1.165, 1.54) is 5.56 Å². The van der Waals surface area contributed by atoms with Gasteiger partial charge in [0.2, 0.25) is 0 Å². The number of benzene rings is 1. The van der Waals surface area contributed by atoms with Crippen LogP contribution in [0.2, 0.25) is 0 Å². The summed E-state index contributed by atoms with van der Waals surface area (Å²) in [5.74, 6) is 0.921. The van der Waals surface area contributed by atoms with Crippen LogP contribution in [0.5, 0.6) is 0 Å². The Labute approximate surface area is 118 Å². The number of tetrazole rings is 1. The van der Waals surface area contributed by atoms with Crippen molar-refractivity contribution in [1.29, 1.82) is 0 Å². The fraction of sp³-hybridized carbons (Fsp3) is 0.500. The van der Waals surface area contributed by atoms with Crippen molar-refractivity contribution in [1.82, 2.24) is 25.1 Å². The summed E-state index contributed by atoms with van der Waals surface area (Å²) in [7, 11) is 0. The van der Waals surface area contributed by atoms with Gasteiger partial charge in [0.1, 0.15) is 0 Å². The van der Waals surface area contributed by atoms with E-state index in [1.54, 1.807) is 0 Å². The quantitative estimate of drug-likeness (QED) is 0.884. The highest BCUT2D eigenvalue weighted by Gasteiger charge is 2.18. The molecule has 1 aliphatic heterocycles. The van der Waals surface area contributed by atoms with E-state index in [-0.39, 0.29) is 0 Å². The van der Waals surface area contributed by atoms with Gasteiger partial charge in [0, 0.05) is 19.1 Å². The number of piperidine rings is 1. The third-order valence-electron chi connectivity index (χ3n) is 3.78. The number of aromatic nitrogens is 4. The summed E-state index contributed by atoms with van der Waals surface area (Å²) < 4.78 is 1.88. The molecule has 2 aromatic rings. The molecule has 0 saturated carbocycles. The van der Waals surface area contributed by atoms with Crippen LogP contribution in [0.3, 0.4) is 0 Å². The minimum atomic E-state index is 0.353. The Balaban J connectivity index is 1.65. The summed E-state index contributed by atoms with van der Waals surface area (Å²) in [5, 5.41) is 12.1. The van der Waals surface area contributed by atoms with E-state index in [0.717, 1.165) is 44.8 Å². The second kappa shape index (κ2) is 6.11. The third-order valence-corrected chi connectivity index (χ3v) is 3.78. The molecule has 1 aromatic heterocycles. The average molecular weight is 272 g/mol. The zero-order chi connectivity index (χ0) is 13.8. The van der Waals surface area contributed by atoms with Crippen molar-refractivity contribution in [2.24, 2.45) is 5.73 Å². The Morgan fingerprint density at radius 2 is 1.85 bits per heavy atom. The number of nitrogens with zero attached hydrogens (tertiary/aromatic N) is 5. The molecule has 0 aliphatic carbocycles. The van der Waals surface area contributed by atoms with Gasteiger partial charge in [-0.25, -0.2) is 4.68 Å². The van der Waals surface area contributed by atoms with Crippen LogP contribution in [0.15, 0.2) is 30.3 Å². The molecular weight excluding hydrogens is 252 g/mol. The monoisotopic (exact) mass is 272 g/mol. The minimum absolute atomic E-state index is 0.353. The maximum absolute atomic E-state index is 5.93. The van der Waals surface area contributed by atoms with Crippen LogP contribution in [0.1, 0.15) is 24.2 Å². The first-order chi connectivity index (χ1) is 9.81. The van der Waals surface area contributed by atoms with Crippen molar-refractivity contribution in [3.63, 3.8) is 0 Å². The first-order valence-corrected chi connectivity index (χ1v) is 7.08. The third kappa shape index (κ3) is 3.20. The fourth-order valence-corrected chi connectivity index (χ4v) is 2.53. The van der Waals surface area contributed by atoms with Gasteiger partial charge in [-0.2, -0.15) is 0 Å². The van der Waals surface area contributed by atoms with Crippen molar-refractivity contribution < 1.29 is 0 Å². The summed E-state index contributed by atoms with van der Waals surface area (Å²) in [6, 6.07) is 10.6. The summed E-state index contributed by atoms with van der Waals surface area (Å²) in [6.45, 7) is 3.57. The maximum Gasteiger partial charge on any atom is 0.165 e. The second-order valence-corrected chi connectivity index (χ2v) is 5.35. The summed E-state index contributed by atoms with van der Waals surface area (Å²) >= 11 is 0. The van der Waals surface area contributed by atoms with Crippen molar-refractivity contribution in [3.05, 3.63) is 41.7 Å². The second-order valence-electron chi connectivity index (χ2n) is 5.35. The largest absolute Gasteiger partial charge is 0.328 e. The van der Waals surface area contributed by atoms with E-state index in [4.69, 9.17) is 5.73 Å². The molecule has 0 spiro atoms. The normalized spacial score (nSPS) is 17.4. The molecule has 106 valence electrons. The van der Waals surface area contributed by atoms with Crippen LogP contribution >= 0.6 is 0 Å². The van der Waals surface area contributed by atoms with Gasteiger partial charge in [-0.05, 0) is 28.8 Å². The number of hydrogen-bond donors (Lipinski definition) is 1. The predicted octanol–water partition coefficient (Wildman–Crippen LogP) is 0.644. The van der Waals surface area contributed by atoms with Gasteiger partial charge < -0.3 is 5.73 Å². The van der Waals surface area contributed by atoms with E-state index in [1.807, 2.05) is 22.9 Å². The van der Waals surface area contributed by atoms with Crippen LogP contribution in [-0.2, 0) is 13.1 Å². The van der Waals surface area contributed by atoms with Gasteiger partial charge in [-0.15, -0.1) is 5.10 Å². The molecule has 2 N–H and O–H groups in total. The molecule has 1 aromatic carbocycles. The molecule has 0 bridgehead atoms.